The molecule has 1 aliphatic rings. The summed E-state index contributed by atoms with van der Waals surface area (Å²) in [7, 11) is 0. The van der Waals surface area contributed by atoms with Gasteiger partial charge in [0, 0.05) is 28.8 Å². The highest BCUT2D eigenvalue weighted by atomic mass is 16.6. The van der Waals surface area contributed by atoms with Crippen molar-refractivity contribution in [2.24, 2.45) is 0 Å². The van der Waals surface area contributed by atoms with Crippen LogP contribution in [0.1, 0.15) is 54.8 Å². The van der Waals surface area contributed by atoms with Crippen molar-refractivity contribution in [2.45, 2.75) is 39.7 Å². The summed E-state index contributed by atoms with van der Waals surface area (Å²) in [6.07, 6.45) is -0.441. The normalized spacial score (nSPS) is 13.9. The third-order valence-corrected chi connectivity index (χ3v) is 3.97. The molecular weight excluding hydrogens is 348 g/mol. The van der Waals surface area contributed by atoms with Crippen molar-refractivity contribution < 1.29 is 23.9 Å². The molecule has 7 nitrogen and oxygen atoms in total. The summed E-state index contributed by atoms with van der Waals surface area (Å²) in [6, 6.07) is 6.71. The van der Waals surface area contributed by atoms with Gasteiger partial charge in [-0.2, -0.15) is 0 Å². The van der Waals surface area contributed by atoms with Crippen LogP contribution < -0.4 is 10.6 Å². The summed E-state index contributed by atoms with van der Waals surface area (Å²) in [5.41, 5.74) is 0.962. The van der Waals surface area contributed by atoms with Crippen molar-refractivity contribution in [2.75, 3.05) is 13.1 Å². The van der Waals surface area contributed by atoms with E-state index in [4.69, 9.17) is 4.74 Å². The first-order valence-corrected chi connectivity index (χ1v) is 8.72. The number of ketones is 2. The third kappa shape index (κ3) is 5.26. The van der Waals surface area contributed by atoms with Gasteiger partial charge < -0.3 is 15.4 Å². The number of rotatable bonds is 5. The highest BCUT2D eigenvalue weighted by Gasteiger charge is 2.29. The average Bonchev–Trinajstić information content (AvgIpc) is 2.59. The summed E-state index contributed by atoms with van der Waals surface area (Å²) < 4.78 is 5.04. The van der Waals surface area contributed by atoms with E-state index in [-0.39, 0.29) is 31.1 Å². The van der Waals surface area contributed by atoms with Gasteiger partial charge in [0.2, 0.25) is 5.91 Å². The number of hydrogen-bond donors (Lipinski definition) is 2. The maximum absolute atomic E-state index is 12.6. The number of Topliss-reactive ketones (excluding diaryl/α,β-unsaturated/α-hetero) is 2. The Kier molecular flexibility index (Phi) is 6.15. The molecule has 0 spiro atoms. The Labute approximate surface area is 158 Å². The fraction of sp³-hybridized carbons (Fsp3) is 0.400. The van der Waals surface area contributed by atoms with Crippen LogP contribution in [-0.2, 0) is 9.53 Å². The molecule has 1 aliphatic carbocycles. The van der Waals surface area contributed by atoms with Crippen molar-refractivity contribution >= 4 is 23.6 Å². The van der Waals surface area contributed by atoms with E-state index in [1.165, 1.54) is 0 Å². The van der Waals surface area contributed by atoms with Gasteiger partial charge in [0.25, 0.3) is 0 Å². The Morgan fingerprint density at radius 3 is 2.19 bits per heavy atom. The van der Waals surface area contributed by atoms with E-state index < -0.39 is 17.6 Å². The molecule has 1 aromatic rings. The number of ether oxygens (including phenoxy) is 1. The molecule has 0 bridgehead atoms. The summed E-state index contributed by atoms with van der Waals surface area (Å²) in [5, 5.41) is 4.98. The van der Waals surface area contributed by atoms with E-state index in [1.54, 1.807) is 52.0 Å². The molecule has 0 aromatic heterocycles. The Bertz CT molecular complexity index is 818. The number of carbonyl (C=O) groups is 4. The van der Waals surface area contributed by atoms with Crippen LogP contribution in [0.15, 0.2) is 35.4 Å². The topological polar surface area (TPSA) is 102 Å². The lowest BCUT2D eigenvalue weighted by molar-refractivity contribution is -0.120. The van der Waals surface area contributed by atoms with Gasteiger partial charge in [-0.05, 0) is 34.1 Å². The fourth-order valence-electron chi connectivity index (χ4n) is 2.71. The largest absolute Gasteiger partial charge is 0.444 e. The summed E-state index contributed by atoms with van der Waals surface area (Å²) in [5.74, 6) is -0.768. The van der Waals surface area contributed by atoms with Crippen LogP contribution in [0.4, 0.5) is 4.79 Å². The van der Waals surface area contributed by atoms with Crippen molar-refractivity contribution in [1.29, 1.82) is 0 Å². The fourth-order valence-corrected chi connectivity index (χ4v) is 2.71. The predicted molar refractivity (Wildman–Crippen MR) is 99.7 cm³/mol. The number of amides is 2. The van der Waals surface area contributed by atoms with Gasteiger partial charge in [-0.1, -0.05) is 24.3 Å². The molecule has 2 N–H and O–H groups in total. The predicted octanol–water partition coefficient (Wildman–Crippen LogP) is 2.41. The molecule has 0 saturated heterocycles. The molecule has 0 atom stereocenters. The van der Waals surface area contributed by atoms with Gasteiger partial charge in [-0.3, -0.25) is 14.4 Å². The standard InChI is InChI=1S/C20H24N2O5/c1-12-13(18(25)15-8-6-5-7-14(15)17(12)24)9-10-21-16(23)11-22-19(26)27-20(2,3)4/h5-8H,9-11H2,1-4H3,(H,21,23)(H,22,26). The minimum absolute atomic E-state index is 0.168. The van der Waals surface area contributed by atoms with Crippen LogP contribution in [-0.4, -0.2) is 42.3 Å². The monoisotopic (exact) mass is 372 g/mol. The quantitative estimate of drug-likeness (QED) is 0.826. The molecule has 1 aromatic carbocycles. The number of fused-ring (bicyclic) bond motifs is 1. The zero-order chi connectivity index (χ0) is 20.2. The van der Waals surface area contributed by atoms with Crippen LogP contribution in [0, 0.1) is 0 Å². The Morgan fingerprint density at radius 2 is 1.59 bits per heavy atom. The molecule has 2 rings (SSSR count). The number of allylic oxidation sites excluding steroid dienone is 1. The lowest BCUT2D eigenvalue weighted by Crippen LogP contribution is -2.40. The van der Waals surface area contributed by atoms with E-state index in [9.17, 15) is 19.2 Å². The molecule has 0 fully saturated rings. The minimum atomic E-state index is -0.680. The van der Waals surface area contributed by atoms with Crippen LogP contribution in [0.3, 0.4) is 0 Å². The Balaban J connectivity index is 1.87. The molecule has 0 aliphatic heterocycles. The number of carbonyl (C=O) groups excluding carboxylic acids is 4. The van der Waals surface area contributed by atoms with Gasteiger partial charge in [0.1, 0.15) is 5.60 Å². The second kappa shape index (κ2) is 8.16. The van der Waals surface area contributed by atoms with Crippen LogP contribution in [0.2, 0.25) is 0 Å². The minimum Gasteiger partial charge on any atom is -0.444 e. The van der Waals surface area contributed by atoms with Crippen molar-refractivity contribution in [3.05, 3.63) is 46.5 Å². The van der Waals surface area contributed by atoms with Gasteiger partial charge in [0.15, 0.2) is 11.6 Å². The van der Waals surface area contributed by atoms with E-state index in [0.29, 0.717) is 22.3 Å². The molecule has 2 amide bonds. The summed E-state index contributed by atoms with van der Waals surface area (Å²) in [4.78, 5) is 48.4. The van der Waals surface area contributed by atoms with Gasteiger partial charge in [-0.15, -0.1) is 0 Å². The molecule has 0 heterocycles. The summed E-state index contributed by atoms with van der Waals surface area (Å²) >= 11 is 0. The molecule has 7 heteroatoms. The van der Waals surface area contributed by atoms with Crippen molar-refractivity contribution in [3.8, 4) is 0 Å². The lowest BCUT2D eigenvalue weighted by Gasteiger charge is -2.20. The van der Waals surface area contributed by atoms with Crippen molar-refractivity contribution in [1.82, 2.24) is 10.6 Å². The first-order chi connectivity index (χ1) is 12.6. The van der Waals surface area contributed by atoms with E-state index in [2.05, 4.69) is 10.6 Å². The van der Waals surface area contributed by atoms with Crippen LogP contribution >= 0.6 is 0 Å². The first-order valence-electron chi connectivity index (χ1n) is 8.72. The maximum atomic E-state index is 12.6. The average molecular weight is 372 g/mol. The number of alkyl carbamates (subject to hydrolysis) is 1. The molecular formula is C20H24N2O5. The smallest absolute Gasteiger partial charge is 0.408 e. The van der Waals surface area contributed by atoms with Crippen LogP contribution in [0.5, 0.6) is 0 Å². The number of nitrogens with one attached hydrogen (secondary N) is 2. The molecule has 0 radical (unpaired) electrons. The van der Waals surface area contributed by atoms with Gasteiger partial charge in [-0.25, -0.2) is 4.79 Å². The van der Waals surface area contributed by atoms with Gasteiger partial charge in [0.05, 0.1) is 6.54 Å². The van der Waals surface area contributed by atoms with E-state index in [0.717, 1.165) is 0 Å². The Morgan fingerprint density at radius 1 is 1.00 bits per heavy atom. The number of benzene rings is 1. The highest BCUT2D eigenvalue weighted by molar-refractivity contribution is 6.26. The highest BCUT2D eigenvalue weighted by Crippen LogP contribution is 2.27. The molecule has 27 heavy (non-hydrogen) atoms. The maximum Gasteiger partial charge on any atom is 0.408 e. The molecule has 144 valence electrons. The number of hydrogen-bond acceptors (Lipinski definition) is 5. The molecule has 0 unspecified atom stereocenters. The SMILES string of the molecule is CC1=C(CCNC(=O)CNC(=O)OC(C)(C)C)C(=O)c2ccccc2C1=O. The lowest BCUT2D eigenvalue weighted by atomic mass is 9.83. The second-order valence-corrected chi connectivity index (χ2v) is 7.26. The second-order valence-electron chi connectivity index (χ2n) is 7.26. The van der Waals surface area contributed by atoms with Crippen molar-refractivity contribution in [3.63, 3.8) is 0 Å². The van der Waals surface area contributed by atoms with Gasteiger partial charge >= 0.3 is 6.09 Å². The van der Waals surface area contributed by atoms with Crippen LogP contribution in [0.25, 0.3) is 0 Å². The first kappa shape index (κ1) is 20.4. The zero-order valence-corrected chi connectivity index (χ0v) is 16.0. The zero-order valence-electron chi connectivity index (χ0n) is 16.0. The van der Waals surface area contributed by atoms with E-state index in [1.807, 2.05) is 0 Å². The molecule has 0 saturated carbocycles. The van der Waals surface area contributed by atoms with E-state index >= 15 is 0 Å². The Hall–Kier alpha value is -2.96. The summed E-state index contributed by atoms with van der Waals surface area (Å²) in [6.45, 7) is 6.75. The third-order valence-electron chi connectivity index (χ3n) is 3.97.